The molecule has 0 aromatic heterocycles. The summed E-state index contributed by atoms with van der Waals surface area (Å²) in [5.74, 6) is -1.38. The van der Waals surface area contributed by atoms with E-state index < -0.39 is 21.2 Å². The summed E-state index contributed by atoms with van der Waals surface area (Å²) in [6, 6.07) is -0.337. The summed E-state index contributed by atoms with van der Waals surface area (Å²) in [6.07, 6.45) is 0. The molecule has 0 aromatic rings. The van der Waals surface area contributed by atoms with E-state index in [0.717, 1.165) is 6.92 Å². The van der Waals surface area contributed by atoms with E-state index in [9.17, 15) is 13.2 Å². The normalized spacial score (nSPS) is 16.5. The van der Waals surface area contributed by atoms with E-state index >= 15 is 0 Å². The maximum absolute atomic E-state index is 11.1. The van der Waals surface area contributed by atoms with E-state index in [1.165, 1.54) is 0 Å². The zero-order valence-corrected chi connectivity index (χ0v) is 8.34. The largest absolute Gasteiger partial charge is 0.480 e. The fraction of sp³-hybridized carbons (Fsp3) is 0.833. The van der Waals surface area contributed by atoms with Crippen LogP contribution in [0.2, 0.25) is 0 Å². The maximum Gasteiger partial charge on any atom is 0.323 e. The van der Waals surface area contributed by atoms with Crippen LogP contribution in [0.1, 0.15) is 13.8 Å². The fourth-order valence-electron chi connectivity index (χ4n) is 0.505. The lowest BCUT2D eigenvalue weighted by molar-refractivity contribution is -0.136. The minimum absolute atomic E-state index is 0.0416. The second kappa shape index (κ2) is 4.54. The molecule has 0 aromatic carbocycles. The molecule has 78 valence electrons. The van der Waals surface area contributed by atoms with E-state index in [2.05, 4.69) is 4.72 Å². The Kier molecular flexibility index (Phi) is 4.31. The third kappa shape index (κ3) is 4.20. The summed E-state index contributed by atoms with van der Waals surface area (Å²) in [7, 11) is -3.78. The van der Waals surface area contributed by atoms with Crippen molar-refractivity contribution in [1.29, 1.82) is 0 Å². The highest BCUT2D eigenvalue weighted by molar-refractivity contribution is 7.90. The zero-order valence-electron chi connectivity index (χ0n) is 7.52. The monoisotopic (exact) mass is 210 g/mol. The predicted molar refractivity (Wildman–Crippen MR) is 47.7 cm³/mol. The summed E-state index contributed by atoms with van der Waals surface area (Å²) in [4.78, 5) is 10.3. The van der Waals surface area contributed by atoms with Crippen LogP contribution in [-0.2, 0) is 14.8 Å². The first kappa shape index (κ1) is 12.3. The third-order valence-electron chi connectivity index (χ3n) is 1.42. The van der Waals surface area contributed by atoms with Crippen LogP contribution in [0.3, 0.4) is 0 Å². The molecule has 0 amide bonds. The van der Waals surface area contributed by atoms with Crippen molar-refractivity contribution in [3.05, 3.63) is 0 Å². The Hall–Kier alpha value is -0.660. The molecule has 0 spiro atoms. The van der Waals surface area contributed by atoms with Crippen molar-refractivity contribution in [3.8, 4) is 0 Å². The maximum atomic E-state index is 11.1. The molecular formula is C6H14N2O4S. The topological polar surface area (TPSA) is 109 Å². The average Bonchev–Trinajstić information content (AvgIpc) is 1.99. The van der Waals surface area contributed by atoms with E-state index in [1.54, 1.807) is 6.92 Å². The van der Waals surface area contributed by atoms with Gasteiger partial charge in [-0.25, -0.2) is 13.1 Å². The van der Waals surface area contributed by atoms with Crippen molar-refractivity contribution in [2.75, 3.05) is 6.54 Å². The van der Waals surface area contributed by atoms with Gasteiger partial charge in [0.1, 0.15) is 0 Å². The van der Waals surface area contributed by atoms with Crippen LogP contribution in [0.4, 0.5) is 0 Å². The third-order valence-corrected chi connectivity index (χ3v) is 3.12. The summed E-state index contributed by atoms with van der Waals surface area (Å²) >= 11 is 0. The Morgan fingerprint density at radius 2 is 2.00 bits per heavy atom. The van der Waals surface area contributed by atoms with Gasteiger partial charge >= 0.3 is 5.97 Å². The quantitative estimate of drug-likeness (QED) is 0.524. The van der Waals surface area contributed by atoms with Crippen LogP contribution in [0.15, 0.2) is 0 Å². The first-order valence-electron chi connectivity index (χ1n) is 3.74. The Labute approximate surface area is 77.2 Å². The second-order valence-electron chi connectivity index (χ2n) is 2.85. The van der Waals surface area contributed by atoms with Crippen molar-refractivity contribution in [1.82, 2.24) is 4.72 Å². The van der Waals surface area contributed by atoms with Crippen LogP contribution in [-0.4, -0.2) is 37.3 Å². The number of nitrogens with one attached hydrogen (secondary N) is 1. The van der Waals surface area contributed by atoms with Crippen molar-refractivity contribution < 1.29 is 18.3 Å². The number of rotatable bonds is 5. The van der Waals surface area contributed by atoms with Crippen LogP contribution in [0.25, 0.3) is 0 Å². The Bertz CT molecular complexity index is 272. The van der Waals surface area contributed by atoms with Gasteiger partial charge in [0.2, 0.25) is 10.0 Å². The minimum Gasteiger partial charge on any atom is -0.480 e. The average molecular weight is 210 g/mol. The van der Waals surface area contributed by atoms with Gasteiger partial charge < -0.3 is 10.8 Å². The van der Waals surface area contributed by atoms with Crippen LogP contribution in [0.5, 0.6) is 0 Å². The minimum atomic E-state index is -3.78. The number of nitrogens with two attached hydrogens (primary N) is 1. The van der Waals surface area contributed by atoms with Gasteiger partial charge in [-0.1, -0.05) is 0 Å². The van der Waals surface area contributed by atoms with Crippen LogP contribution in [0, 0.1) is 0 Å². The lowest BCUT2D eigenvalue weighted by atomic mass is 10.4. The molecular weight excluding hydrogens is 196 g/mol. The predicted octanol–water partition coefficient (Wildman–Crippen LogP) is -1.27. The molecule has 2 unspecified atom stereocenters. The van der Waals surface area contributed by atoms with Gasteiger partial charge in [0, 0.05) is 12.6 Å². The highest BCUT2D eigenvalue weighted by Crippen LogP contribution is 1.97. The molecule has 0 rings (SSSR count). The molecule has 6 nitrogen and oxygen atoms in total. The molecule has 0 aliphatic carbocycles. The van der Waals surface area contributed by atoms with Gasteiger partial charge in [-0.2, -0.15) is 0 Å². The van der Waals surface area contributed by atoms with Gasteiger partial charge in [0.15, 0.2) is 5.25 Å². The lowest BCUT2D eigenvalue weighted by Crippen LogP contribution is -2.42. The number of hydrogen-bond donors (Lipinski definition) is 3. The van der Waals surface area contributed by atoms with Crippen molar-refractivity contribution in [2.24, 2.45) is 5.73 Å². The van der Waals surface area contributed by atoms with Gasteiger partial charge in [-0.3, -0.25) is 4.79 Å². The van der Waals surface area contributed by atoms with E-state index in [0.29, 0.717) is 0 Å². The summed E-state index contributed by atoms with van der Waals surface area (Å²) in [6.45, 7) is 2.76. The standard InChI is InChI=1S/C6H14N2O4S/c1-4(7)3-8-13(11,12)5(2)6(9)10/h4-5,8H,3,7H2,1-2H3,(H,9,10). The first-order valence-corrected chi connectivity index (χ1v) is 5.29. The first-order chi connectivity index (χ1) is 5.77. The van der Waals surface area contributed by atoms with E-state index in [1.807, 2.05) is 0 Å². The Balaban J connectivity index is 4.33. The Morgan fingerprint density at radius 1 is 1.54 bits per heavy atom. The summed E-state index contributed by atoms with van der Waals surface area (Å²) in [5.41, 5.74) is 5.30. The van der Waals surface area contributed by atoms with Crippen molar-refractivity contribution in [3.63, 3.8) is 0 Å². The zero-order chi connectivity index (χ0) is 10.6. The SMILES string of the molecule is CC(N)CNS(=O)(=O)C(C)C(=O)O. The molecule has 7 heteroatoms. The number of carboxylic acid groups (broad SMARTS) is 1. The highest BCUT2D eigenvalue weighted by Gasteiger charge is 2.26. The van der Waals surface area contributed by atoms with Crippen LogP contribution >= 0.6 is 0 Å². The highest BCUT2D eigenvalue weighted by atomic mass is 32.2. The van der Waals surface area contributed by atoms with Gasteiger partial charge in [-0.15, -0.1) is 0 Å². The molecule has 0 aliphatic heterocycles. The van der Waals surface area contributed by atoms with Crippen LogP contribution < -0.4 is 10.5 Å². The number of carboxylic acids is 1. The van der Waals surface area contributed by atoms with Gasteiger partial charge in [0.25, 0.3) is 0 Å². The summed E-state index contributed by atoms with van der Waals surface area (Å²) < 4.78 is 24.4. The molecule has 0 bridgehead atoms. The fourth-order valence-corrected chi connectivity index (χ4v) is 1.52. The van der Waals surface area contributed by atoms with E-state index in [-0.39, 0.29) is 12.6 Å². The van der Waals surface area contributed by atoms with E-state index in [4.69, 9.17) is 10.8 Å². The molecule has 0 aliphatic rings. The Morgan fingerprint density at radius 3 is 2.31 bits per heavy atom. The molecule has 4 N–H and O–H groups in total. The smallest absolute Gasteiger partial charge is 0.323 e. The molecule has 0 radical (unpaired) electrons. The molecule has 13 heavy (non-hydrogen) atoms. The molecule has 2 atom stereocenters. The summed E-state index contributed by atoms with van der Waals surface area (Å²) in [5, 5.41) is 6.98. The molecule has 0 saturated carbocycles. The van der Waals surface area contributed by atoms with Gasteiger partial charge in [0.05, 0.1) is 0 Å². The number of sulfonamides is 1. The number of hydrogen-bond acceptors (Lipinski definition) is 4. The number of carbonyl (C=O) groups is 1. The van der Waals surface area contributed by atoms with Crippen molar-refractivity contribution in [2.45, 2.75) is 25.1 Å². The number of aliphatic carboxylic acids is 1. The van der Waals surface area contributed by atoms with Crippen molar-refractivity contribution >= 4 is 16.0 Å². The lowest BCUT2D eigenvalue weighted by Gasteiger charge is -2.11. The molecule has 0 saturated heterocycles. The second-order valence-corrected chi connectivity index (χ2v) is 4.94. The van der Waals surface area contributed by atoms with Gasteiger partial charge in [-0.05, 0) is 13.8 Å². The molecule has 0 heterocycles. The molecule has 0 fully saturated rings.